The lowest BCUT2D eigenvalue weighted by Crippen LogP contribution is -1.73. The fourth-order valence-corrected chi connectivity index (χ4v) is 3.63. The van der Waals surface area contributed by atoms with Gasteiger partial charge < -0.3 is 0 Å². The first-order chi connectivity index (χ1) is 10.4. The molecule has 0 radical (unpaired) electrons. The monoisotopic (exact) mass is 298 g/mol. The van der Waals surface area contributed by atoms with Crippen LogP contribution in [0.25, 0.3) is 20.2 Å². The number of rotatable bonds is 5. The summed E-state index contributed by atoms with van der Waals surface area (Å²) in [5.74, 6) is 0. The summed E-state index contributed by atoms with van der Waals surface area (Å²) in [6.07, 6.45) is 8.49. The zero-order valence-electron chi connectivity index (χ0n) is 13.3. The molecule has 2 aromatic carbocycles. The van der Waals surface area contributed by atoms with E-state index in [1.807, 2.05) is 11.3 Å². The number of hydrogen-bond donors (Lipinski definition) is 0. The molecule has 0 aliphatic carbocycles. The lowest BCUT2D eigenvalue weighted by Gasteiger charge is -1.93. The Balaban J connectivity index is 0.000000177. The van der Waals surface area contributed by atoms with Gasteiger partial charge >= 0.3 is 0 Å². The van der Waals surface area contributed by atoms with Gasteiger partial charge in [-0.3, -0.25) is 0 Å². The zero-order chi connectivity index (χ0) is 14.9. The maximum absolute atomic E-state index is 2.26. The first kappa shape index (κ1) is 16.0. The summed E-state index contributed by atoms with van der Waals surface area (Å²) in [6, 6.07) is 17.1. The Morgan fingerprint density at radius 2 is 1.05 bits per heavy atom. The van der Waals surface area contributed by atoms with Crippen LogP contribution in [0.4, 0.5) is 0 Å². The molecule has 0 aliphatic heterocycles. The second-order valence-corrected chi connectivity index (χ2v) is 6.59. The molecule has 0 nitrogen and oxygen atoms in total. The molecule has 3 aromatic rings. The summed E-state index contributed by atoms with van der Waals surface area (Å²) in [4.78, 5) is 0. The van der Waals surface area contributed by atoms with Gasteiger partial charge in [0.15, 0.2) is 0 Å². The SMILES string of the molecule is CCCCCCCC.c1ccc2c(c1)sc1ccccc12. The van der Waals surface area contributed by atoms with E-state index < -0.39 is 0 Å². The Kier molecular flexibility index (Phi) is 6.75. The fraction of sp³-hybridized carbons (Fsp3) is 0.400. The highest BCUT2D eigenvalue weighted by atomic mass is 32.1. The summed E-state index contributed by atoms with van der Waals surface area (Å²) < 4.78 is 2.76. The first-order valence-electron chi connectivity index (χ1n) is 8.23. The predicted molar refractivity (Wildman–Crippen MR) is 98.4 cm³/mol. The van der Waals surface area contributed by atoms with Gasteiger partial charge in [0, 0.05) is 20.2 Å². The van der Waals surface area contributed by atoms with Crippen molar-refractivity contribution in [2.75, 3.05) is 0 Å². The summed E-state index contributed by atoms with van der Waals surface area (Å²) in [6.45, 7) is 4.51. The van der Waals surface area contributed by atoms with Crippen LogP contribution >= 0.6 is 11.3 Å². The van der Waals surface area contributed by atoms with Crippen LogP contribution in [0.15, 0.2) is 48.5 Å². The van der Waals surface area contributed by atoms with Gasteiger partial charge in [0.1, 0.15) is 0 Å². The van der Waals surface area contributed by atoms with Gasteiger partial charge in [0.05, 0.1) is 0 Å². The molecule has 3 rings (SSSR count). The molecule has 0 bridgehead atoms. The largest absolute Gasteiger partial charge is 0.135 e. The van der Waals surface area contributed by atoms with Crippen LogP contribution in [0.5, 0.6) is 0 Å². The van der Waals surface area contributed by atoms with Crippen LogP contribution in [-0.4, -0.2) is 0 Å². The van der Waals surface area contributed by atoms with E-state index in [4.69, 9.17) is 0 Å². The molecule has 1 aromatic heterocycles. The molecule has 0 spiro atoms. The van der Waals surface area contributed by atoms with Crippen LogP contribution in [0.2, 0.25) is 0 Å². The number of thiophene rings is 1. The van der Waals surface area contributed by atoms with Crippen molar-refractivity contribution in [3.8, 4) is 0 Å². The minimum absolute atomic E-state index is 1.36. The molecular weight excluding hydrogens is 272 g/mol. The van der Waals surface area contributed by atoms with Crippen molar-refractivity contribution in [2.45, 2.75) is 52.4 Å². The third-order valence-electron chi connectivity index (χ3n) is 3.74. The lowest BCUT2D eigenvalue weighted by atomic mass is 10.1. The van der Waals surface area contributed by atoms with Crippen molar-refractivity contribution in [1.29, 1.82) is 0 Å². The van der Waals surface area contributed by atoms with Gasteiger partial charge in [-0.05, 0) is 12.1 Å². The van der Waals surface area contributed by atoms with E-state index in [-0.39, 0.29) is 0 Å². The molecule has 0 saturated carbocycles. The van der Waals surface area contributed by atoms with E-state index in [9.17, 15) is 0 Å². The molecule has 112 valence electrons. The van der Waals surface area contributed by atoms with Gasteiger partial charge in [0.2, 0.25) is 0 Å². The molecule has 0 atom stereocenters. The smallest absolute Gasteiger partial charge is 0.0355 e. The Bertz CT molecular complexity index is 595. The third-order valence-corrected chi connectivity index (χ3v) is 4.89. The molecule has 0 fully saturated rings. The van der Waals surface area contributed by atoms with Gasteiger partial charge in [-0.25, -0.2) is 0 Å². The van der Waals surface area contributed by atoms with E-state index in [2.05, 4.69) is 62.4 Å². The zero-order valence-corrected chi connectivity index (χ0v) is 14.1. The minimum Gasteiger partial charge on any atom is -0.135 e. The van der Waals surface area contributed by atoms with Crippen LogP contribution in [0, 0.1) is 0 Å². The number of fused-ring (bicyclic) bond motifs is 3. The van der Waals surface area contributed by atoms with Crippen LogP contribution in [0.3, 0.4) is 0 Å². The van der Waals surface area contributed by atoms with E-state index in [0.29, 0.717) is 0 Å². The van der Waals surface area contributed by atoms with Crippen molar-refractivity contribution in [3.05, 3.63) is 48.5 Å². The lowest BCUT2D eigenvalue weighted by molar-refractivity contribution is 0.624. The highest BCUT2D eigenvalue weighted by Crippen LogP contribution is 2.32. The summed E-state index contributed by atoms with van der Waals surface area (Å²) in [5, 5.41) is 2.76. The number of unbranched alkanes of at least 4 members (excludes halogenated alkanes) is 5. The van der Waals surface area contributed by atoms with Crippen LogP contribution in [-0.2, 0) is 0 Å². The Morgan fingerprint density at radius 3 is 1.48 bits per heavy atom. The average molecular weight is 298 g/mol. The van der Waals surface area contributed by atoms with Gasteiger partial charge in [-0.15, -0.1) is 11.3 Å². The van der Waals surface area contributed by atoms with Crippen molar-refractivity contribution in [2.24, 2.45) is 0 Å². The molecular formula is C20H26S. The quantitative estimate of drug-likeness (QED) is 0.430. The normalized spacial score (nSPS) is 10.6. The minimum atomic E-state index is 1.36. The van der Waals surface area contributed by atoms with Crippen molar-refractivity contribution in [1.82, 2.24) is 0 Å². The highest BCUT2D eigenvalue weighted by molar-refractivity contribution is 7.25. The van der Waals surface area contributed by atoms with E-state index >= 15 is 0 Å². The molecule has 0 amide bonds. The van der Waals surface area contributed by atoms with E-state index in [1.54, 1.807) is 0 Å². The molecule has 0 N–H and O–H groups in total. The third kappa shape index (κ3) is 4.57. The molecule has 0 saturated heterocycles. The molecule has 0 unspecified atom stereocenters. The standard InChI is InChI=1S/C12H8S.C8H18/c1-3-7-11-9(5-1)10-6-2-4-8-12(10)13-11;1-3-5-7-8-6-4-2/h1-8H;3-8H2,1-2H3. The predicted octanol–water partition coefficient (Wildman–Crippen LogP) is 7.42. The fourth-order valence-electron chi connectivity index (χ4n) is 2.53. The van der Waals surface area contributed by atoms with Crippen molar-refractivity contribution in [3.63, 3.8) is 0 Å². The van der Waals surface area contributed by atoms with E-state index in [1.165, 1.54) is 58.7 Å². The van der Waals surface area contributed by atoms with Crippen LogP contribution in [0.1, 0.15) is 52.4 Å². The second-order valence-electron chi connectivity index (χ2n) is 5.51. The molecule has 1 heteroatoms. The molecule has 21 heavy (non-hydrogen) atoms. The van der Waals surface area contributed by atoms with Crippen LogP contribution < -0.4 is 0 Å². The van der Waals surface area contributed by atoms with Crippen molar-refractivity contribution >= 4 is 31.5 Å². The first-order valence-corrected chi connectivity index (χ1v) is 9.04. The highest BCUT2D eigenvalue weighted by Gasteiger charge is 2.01. The second kappa shape index (κ2) is 8.84. The van der Waals surface area contributed by atoms with Gasteiger partial charge in [0.25, 0.3) is 0 Å². The average Bonchev–Trinajstić information content (AvgIpc) is 2.91. The summed E-state index contributed by atoms with van der Waals surface area (Å²) >= 11 is 1.86. The topological polar surface area (TPSA) is 0 Å². The molecule has 0 aliphatic rings. The number of hydrogen-bond acceptors (Lipinski definition) is 1. The Hall–Kier alpha value is -1.34. The summed E-state index contributed by atoms with van der Waals surface area (Å²) in [7, 11) is 0. The Morgan fingerprint density at radius 1 is 0.619 bits per heavy atom. The maximum Gasteiger partial charge on any atom is 0.0355 e. The number of benzene rings is 2. The Labute approximate surface area is 132 Å². The van der Waals surface area contributed by atoms with E-state index in [0.717, 1.165) is 0 Å². The molecule has 1 heterocycles. The van der Waals surface area contributed by atoms with Gasteiger partial charge in [-0.1, -0.05) is 88.8 Å². The summed E-state index contributed by atoms with van der Waals surface area (Å²) in [5.41, 5.74) is 0. The maximum atomic E-state index is 2.26. The van der Waals surface area contributed by atoms with Crippen molar-refractivity contribution < 1.29 is 0 Å². The van der Waals surface area contributed by atoms with Gasteiger partial charge in [-0.2, -0.15) is 0 Å².